The molecule has 0 fully saturated rings. The van der Waals surface area contributed by atoms with E-state index in [2.05, 4.69) is 25.3 Å². The van der Waals surface area contributed by atoms with Crippen LogP contribution in [0.5, 0.6) is 0 Å². The molecule has 3 N–H and O–H groups in total. The normalized spacial score (nSPS) is 10.7. The molecule has 0 radical (unpaired) electrons. The van der Waals surface area contributed by atoms with Gasteiger partial charge >= 0.3 is 0 Å². The Bertz CT molecular complexity index is 1610. The van der Waals surface area contributed by atoms with Crippen LogP contribution < -0.4 is 11.1 Å². The molecule has 4 aromatic heterocycles. The number of nitrogen functional groups attached to an aromatic ring is 1. The van der Waals surface area contributed by atoms with Gasteiger partial charge in [0.2, 0.25) is 5.91 Å². The summed E-state index contributed by atoms with van der Waals surface area (Å²) in [5.74, 6) is 0.757. The number of nitrogens with zero attached hydrogens (tertiary/aromatic N) is 6. The summed E-state index contributed by atoms with van der Waals surface area (Å²) in [6.45, 7) is 1.45. The molecule has 0 aliphatic heterocycles. The summed E-state index contributed by atoms with van der Waals surface area (Å²) in [5.41, 5.74) is 10.8. The minimum Gasteiger partial charge on any atom is -0.381 e. The maximum Gasteiger partial charge on any atom is 0.222 e. The van der Waals surface area contributed by atoms with Crippen LogP contribution in [-0.2, 0) is 4.79 Å². The Morgan fingerprint density at radius 2 is 1.29 bits per heavy atom. The molecule has 6 aromatic rings. The van der Waals surface area contributed by atoms with E-state index in [0.29, 0.717) is 22.9 Å². The second-order valence-electron chi connectivity index (χ2n) is 7.72. The average molecular weight is 463 g/mol. The van der Waals surface area contributed by atoms with Crippen molar-refractivity contribution in [2.75, 3.05) is 11.1 Å². The van der Waals surface area contributed by atoms with E-state index in [0.717, 1.165) is 22.5 Å². The highest BCUT2D eigenvalue weighted by Gasteiger charge is 2.10. The lowest BCUT2D eigenvalue weighted by atomic mass is 10.2. The molecule has 0 bridgehead atoms. The molecule has 0 spiro atoms. The number of fused-ring (bicyclic) bond motifs is 2. The number of hydrogen-bond donors (Lipinski definition) is 2. The van der Waals surface area contributed by atoms with Gasteiger partial charge < -0.3 is 19.9 Å². The second kappa shape index (κ2) is 9.44. The van der Waals surface area contributed by atoms with E-state index in [9.17, 15) is 4.79 Å². The molecular formula is C26H22N8O. The summed E-state index contributed by atoms with van der Waals surface area (Å²) in [7, 11) is 0. The largest absolute Gasteiger partial charge is 0.381 e. The zero-order valence-corrected chi connectivity index (χ0v) is 18.9. The SMILES string of the molecule is CC(=O)Nc1nc(-c2ccccc2)cn2ccnc12.Nc1nc(-c2ccccc2)cn2ccnc12. The van der Waals surface area contributed by atoms with Gasteiger partial charge in [0.05, 0.1) is 11.4 Å². The van der Waals surface area contributed by atoms with Crippen molar-refractivity contribution in [2.45, 2.75) is 6.92 Å². The highest BCUT2D eigenvalue weighted by atomic mass is 16.1. The van der Waals surface area contributed by atoms with Gasteiger partial charge in [0.25, 0.3) is 0 Å². The molecule has 4 heterocycles. The molecule has 9 heteroatoms. The molecular weight excluding hydrogens is 440 g/mol. The predicted octanol–water partition coefficient (Wildman–Crippen LogP) is 4.33. The van der Waals surface area contributed by atoms with E-state index in [1.807, 2.05) is 94.3 Å². The van der Waals surface area contributed by atoms with Crippen LogP contribution >= 0.6 is 0 Å². The van der Waals surface area contributed by atoms with E-state index < -0.39 is 0 Å². The smallest absolute Gasteiger partial charge is 0.222 e. The molecule has 0 saturated heterocycles. The van der Waals surface area contributed by atoms with Crippen molar-refractivity contribution in [2.24, 2.45) is 0 Å². The highest BCUT2D eigenvalue weighted by Crippen LogP contribution is 2.22. The van der Waals surface area contributed by atoms with Gasteiger partial charge in [-0.3, -0.25) is 4.79 Å². The summed E-state index contributed by atoms with van der Waals surface area (Å²) in [4.78, 5) is 28.4. The molecule has 0 aliphatic carbocycles. The summed E-state index contributed by atoms with van der Waals surface area (Å²) in [6.07, 6.45) is 10.9. The van der Waals surface area contributed by atoms with E-state index in [1.54, 1.807) is 12.4 Å². The van der Waals surface area contributed by atoms with Gasteiger partial charge in [-0.25, -0.2) is 19.9 Å². The standard InChI is InChI=1S/C14H12N4O.C12H10N4/c1-10(19)16-13-14-15-7-8-18(14)9-12(17-13)11-5-3-2-4-6-11;13-11-12-14-6-7-16(12)8-10(15-11)9-4-2-1-3-5-9/h2-9H,1H3,(H,16,17,19);1-8H,(H2,13,15). The Hall–Kier alpha value is -5.05. The number of imidazole rings is 2. The van der Waals surface area contributed by atoms with Gasteiger partial charge in [0, 0.05) is 55.2 Å². The molecule has 9 nitrogen and oxygen atoms in total. The van der Waals surface area contributed by atoms with Gasteiger partial charge in [-0.1, -0.05) is 60.7 Å². The van der Waals surface area contributed by atoms with Crippen molar-refractivity contribution in [3.05, 3.63) is 97.8 Å². The summed E-state index contributed by atoms with van der Waals surface area (Å²) in [5, 5.41) is 2.71. The summed E-state index contributed by atoms with van der Waals surface area (Å²) in [6, 6.07) is 19.7. The third kappa shape index (κ3) is 4.69. The van der Waals surface area contributed by atoms with Crippen molar-refractivity contribution < 1.29 is 4.79 Å². The zero-order chi connectivity index (χ0) is 24.2. The second-order valence-corrected chi connectivity index (χ2v) is 7.72. The van der Waals surface area contributed by atoms with Crippen LogP contribution in [0.15, 0.2) is 97.8 Å². The average Bonchev–Trinajstić information content (AvgIpc) is 3.55. The third-order valence-corrected chi connectivity index (χ3v) is 5.21. The van der Waals surface area contributed by atoms with E-state index in [4.69, 9.17) is 5.73 Å². The Kier molecular flexibility index (Phi) is 5.87. The highest BCUT2D eigenvalue weighted by molar-refractivity contribution is 5.91. The molecule has 0 aliphatic rings. The van der Waals surface area contributed by atoms with Gasteiger partial charge in [-0.2, -0.15) is 0 Å². The fourth-order valence-electron chi connectivity index (χ4n) is 3.63. The minimum absolute atomic E-state index is 0.164. The van der Waals surface area contributed by atoms with Gasteiger partial charge in [0.1, 0.15) is 0 Å². The number of carbonyl (C=O) groups excluding carboxylic acids is 1. The molecule has 6 rings (SSSR count). The van der Waals surface area contributed by atoms with E-state index in [1.165, 1.54) is 6.92 Å². The Balaban J connectivity index is 0.000000147. The molecule has 172 valence electrons. The van der Waals surface area contributed by atoms with Crippen LogP contribution in [0.4, 0.5) is 11.6 Å². The topological polar surface area (TPSA) is 116 Å². The molecule has 2 aromatic carbocycles. The van der Waals surface area contributed by atoms with Crippen molar-refractivity contribution >= 4 is 28.8 Å². The number of carbonyl (C=O) groups is 1. The lowest BCUT2D eigenvalue weighted by Crippen LogP contribution is -2.09. The number of nitrogens with two attached hydrogens (primary N) is 1. The number of anilines is 2. The number of aromatic nitrogens is 6. The maximum absolute atomic E-state index is 11.2. The van der Waals surface area contributed by atoms with E-state index in [-0.39, 0.29) is 5.91 Å². The first-order chi connectivity index (χ1) is 17.1. The Morgan fingerprint density at radius 1 is 0.771 bits per heavy atom. The van der Waals surface area contributed by atoms with E-state index >= 15 is 0 Å². The summed E-state index contributed by atoms with van der Waals surface area (Å²) >= 11 is 0. The molecule has 0 saturated carbocycles. The van der Waals surface area contributed by atoms with Gasteiger partial charge in [0.15, 0.2) is 22.9 Å². The van der Waals surface area contributed by atoms with Crippen LogP contribution in [0.1, 0.15) is 6.92 Å². The van der Waals surface area contributed by atoms with Crippen molar-refractivity contribution in [1.82, 2.24) is 28.7 Å². The molecule has 35 heavy (non-hydrogen) atoms. The molecule has 1 amide bonds. The molecule has 0 unspecified atom stereocenters. The Morgan fingerprint density at radius 3 is 1.86 bits per heavy atom. The van der Waals surface area contributed by atoms with Crippen molar-refractivity contribution in [3.8, 4) is 22.5 Å². The maximum atomic E-state index is 11.2. The van der Waals surface area contributed by atoms with Crippen molar-refractivity contribution in [3.63, 3.8) is 0 Å². The first-order valence-corrected chi connectivity index (χ1v) is 10.9. The fourth-order valence-corrected chi connectivity index (χ4v) is 3.63. The first-order valence-electron chi connectivity index (χ1n) is 10.9. The number of amides is 1. The number of benzene rings is 2. The van der Waals surface area contributed by atoms with Crippen molar-refractivity contribution in [1.29, 1.82) is 0 Å². The lowest BCUT2D eigenvalue weighted by Gasteiger charge is -2.07. The predicted molar refractivity (Wildman–Crippen MR) is 136 cm³/mol. The zero-order valence-electron chi connectivity index (χ0n) is 18.9. The van der Waals surface area contributed by atoms with Crippen LogP contribution in [0.25, 0.3) is 33.8 Å². The van der Waals surface area contributed by atoms with Crippen LogP contribution in [0.2, 0.25) is 0 Å². The number of hydrogen-bond acceptors (Lipinski definition) is 6. The quantitative estimate of drug-likeness (QED) is 0.404. The Labute approximate surface area is 201 Å². The lowest BCUT2D eigenvalue weighted by molar-refractivity contribution is -0.114. The monoisotopic (exact) mass is 462 g/mol. The van der Waals surface area contributed by atoms with Crippen LogP contribution in [-0.4, -0.2) is 34.6 Å². The third-order valence-electron chi connectivity index (χ3n) is 5.21. The first kappa shape index (κ1) is 21.8. The fraction of sp³-hybridized carbons (Fsp3) is 0.0385. The van der Waals surface area contributed by atoms with Gasteiger partial charge in [-0.05, 0) is 0 Å². The van der Waals surface area contributed by atoms with Crippen LogP contribution in [0.3, 0.4) is 0 Å². The summed E-state index contributed by atoms with van der Waals surface area (Å²) < 4.78 is 3.73. The number of nitrogens with one attached hydrogen (secondary N) is 1. The van der Waals surface area contributed by atoms with Crippen LogP contribution in [0, 0.1) is 0 Å². The molecule has 0 atom stereocenters. The number of rotatable bonds is 3. The minimum atomic E-state index is -0.164. The van der Waals surface area contributed by atoms with Gasteiger partial charge in [-0.15, -0.1) is 0 Å².